The van der Waals surface area contributed by atoms with Crippen molar-refractivity contribution < 1.29 is 9.90 Å². The maximum absolute atomic E-state index is 10.6. The van der Waals surface area contributed by atoms with E-state index in [1.54, 1.807) is 11.6 Å². The highest BCUT2D eigenvalue weighted by Crippen LogP contribution is 2.10. The summed E-state index contributed by atoms with van der Waals surface area (Å²) in [4.78, 5) is 14.4. The van der Waals surface area contributed by atoms with E-state index in [9.17, 15) is 4.79 Å². The van der Waals surface area contributed by atoms with Crippen LogP contribution in [-0.4, -0.2) is 26.3 Å². The molecule has 2 aromatic heterocycles. The summed E-state index contributed by atoms with van der Waals surface area (Å²) in [5.41, 5.74) is 2.56. The lowest BCUT2D eigenvalue weighted by Gasteiger charge is -2.01. The van der Waals surface area contributed by atoms with Crippen LogP contribution >= 0.6 is 11.3 Å². The molecule has 7 heteroatoms. The number of nitrogens with zero attached hydrogens (tertiary/aromatic N) is 3. The molecule has 0 aromatic carbocycles. The molecule has 2 rings (SSSR count). The molecular formula is C9H8N4O2S. The van der Waals surface area contributed by atoms with Gasteiger partial charge in [-0.2, -0.15) is 0 Å². The second kappa shape index (κ2) is 4.67. The van der Waals surface area contributed by atoms with Crippen molar-refractivity contribution in [3.63, 3.8) is 0 Å². The van der Waals surface area contributed by atoms with E-state index in [1.807, 2.05) is 0 Å². The van der Waals surface area contributed by atoms with Crippen LogP contribution in [0.5, 0.6) is 0 Å². The first-order valence-corrected chi connectivity index (χ1v) is 5.32. The van der Waals surface area contributed by atoms with Crippen LogP contribution in [0.15, 0.2) is 23.8 Å². The Labute approximate surface area is 95.0 Å². The first-order chi connectivity index (χ1) is 7.75. The summed E-state index contributed by atoms with van der Waals surface area (Å²) in [5, 5.41) is 19.9. The van der Waals surface area contributed by atoms with Crippen LogP contribution in [0.4, 0.5) is 5.13 Å². The zero-order valence-corrected chi connectivity index (χ0v) is 8.94. The average molecular weight is 236 g/mol. The fourth-order valence-corrected chi connectivity index (χ4v) is 1.53. The number of hydrogen-bond donors (Lipinski definition) is 2. The summed E-state index contributed by atoms with van der Waals surface area (Å²) in [6.45, 7) is 0.544. The van der Waals surface area contributed by atoms with Crippen molar-refractivity contribution in [3.05, 3.63) is 35.1 Å². The lowest BCUT2D eigenvalue weighted by atomic mass is 10.2. The van der Waals surface area contributed by atoms with Crippen molar-refractivity contribution >= 4 is 22.4 Å². The Morgan fingerprint density at radius 1 is 1.50 bits per heavy atom. The third-order valence-corrected chi connectivity index (χ3v) is 2.50. The van der Waals surface area contributed by atoms with E-state index in [-0.39, 0.29) is 5.69 Å². The van der Waals surface area contributed by atoms with Crippen LogP contribution in [0.3, 0.4) is 0 Å². The molecule has 0 saturated heterocycles. The molecule has 0 saturated carbocycles. The molecule has 0 fully saturated rings. The van der Waals surface area contributed by atoms with Crippen LogP contribution in [0, 0.1) is 0 Å². The van der Waals surface area contributed by atoms with Gasteiger partial charge in [0.15, 0.2) is 0 Å². The summed E-state index contributed by atoms with van der Waals surface area (Å²) in [6.07, 6.45) is 1.53. The maximum atomic E-state index is 10.6. The molecule has 0 amide bonds. The molecule has 0 unspecified atom stereocenters. The van der Waals surface area contributed by atoms with Crippen molar-refractivity contribution in [1.82, 2.24) is 15.2 Å². The second-order valence-electron chi connectivity index (χ2n) is 2.95. The quantitative estimate of drug-likeness (QED) is 0.830. The van der Waals surface area contributed by atoms with Gasteiger partial charge in [0.1, 0.15) is 11.2 Å². The smallest absolute Gasteiger partial charge is 0.354 e. The van der Waals surface area contributed by atoms with Crippen molar-refractivity contribution in [2.45, 2.75) is 6.54 Å². The Balaban J connectivity index is 1.98. The highest BCUT2D eigenvalue weighted by atomic mass is 32.1. The van der Waals surface area contributed by atoms with Gasteiger partial charge in [0.05, 0.1) is 0 Å². The Bertz CT molecular complexity index is 469. The molecule has 0 aliphatic heterocycles. The fourth-order valence-electron chi connectivity index (χ4n) is 1.08. The van der Waals surface area contributed by atoms with E-state index in [0.717, 1.165) is 10.7 Å². The molecule has 82 valence electrons. The number of carboxylic acids is 1. The predicted octanol–water partition coefficient (Wildman–Crippen LogP) is 1.24. The lowest BCUT2D eigenvalue weighted by Crippen LogP contribution is -2.03. The molecule has 2 heterocycles. The molecule has 0 radical (unpaired) electrons. The van der Waals surface area contributed by atoms with Gasteiger partial charge in [0.25, 0.3) is 0 Å². The van der Waals surface area contributed by atoms with Gasteiger partial charge in [-0.3, -0.25) is 0 Å². The van der Waals surface area contributed by atoms with Crippen molar-refractivity contribution in [2.75, 3.05) is 5.32 Å². The van der Waals surface area contributed by atoms with Crippen molar-refractivity contribution in [2.24, 2.45) is 0 Å². The standard InChI is InChI=1S/C9H8N4O2S/c14-8(15)7-2-1-6(3-10-7)4-11-9-13-12-5-16-9/h1-3,5H,4H2,(H,11,13)(H,14,15). The normalized spacial score (nSPS) is 10.0. The van der Waals surface area contributed by atoms with Gasteiger partial charge >= 0.3 is 5.97 Å². The number of aromatic nitrogens is 3. The average Bonchev–Trinajstić information content (AvgIpc) is 2.80. The second-order valence-corrected chi connectivity index (χ2v) is 3.79. The molecule has 2 N–H and O–H groups in total. The molecule has 0 aliphatic carbocycles. The number of anilines is 1. The Morgan fingerprint density at radius 3 is 2.94 bits per heavy atom. The first-order valence-electron chi connectivity index (χ1n) is 4.44. The lowest BCUT2D eigenvalue weighted by molar-refractivity contribution is 0.0690. The van der Waals surface area contributed by atoms with Crippen molar-refractivity contribution in [1.29, 1.82) is 0 Å². The molecule has 2 aromatic rings. The molecule has 0 spiro atoms. The summed E-state index contributed by atoms with van der Waals surface area (Å²) in [7, 11) is 0. The monoisotopic (exact) mass is 236 g/mol. The number of nitrogens with one attached hydrogen (secondary N) is 1. The fraction of sp³-hybridized carbons (Fsp3) is 0.111. The Morgan fingerprint density at radius 2 is 2.38 bits per heavy atom. The van der Waals surface area contributed by atoms with Gasteiger partial charge in [-0.05, 0) is 11.6 Å². The number of pyridine rings is 1. The zero-order chi connectivity index (χ0) is 11.4. The van der Waals surface area contributed by atoms with E-state index in [1.165, 1.54) is 23.6 Å². The van der Waals surface area contributed by atoms with Crippen LogP contribution < -0.4 is 5.32 Å². The Hall–Kier alpha value is -2.02. The van der Waals surface area contributed by atoms with Gasteiger partial charge in [0, 0.05) is 12.7 Å². The number of hydrogen-bond acceptors (Lipinski definition) is 6. The molecular weight excluding hydrogens is 228 g/mol. The minimum absolute atomic E-state index is 0.0414. The van der Waals surface area contributed by atoms with Crippen LogP contribution in [0.25, 0.3) is 0 Å². The highest BCUT2D eigenvalue weighted by molar-refractivity contribution is 7.13. The van der Waals surface area contributed by atoms with Gasteiger partial charge in [0.2, 0.25) is 5.13 Å². The number of rotatable bonds is 4. The largest absolute Gasteiger partial charge is 0.477 e. The third-order valence-electron chi connectivity index (χ3n) is 1.85. The summed E-state index contributed by atoms with van der Waals surface area (Å²) in [6, 6.07) is 3.18. The van der Waals surface area contributed by atoms with Gasteiger partial charge in [-0.15, -0.1) is 10.2 Å². The minimum Gasteiger partial charge on any atom is -0.477 e. The predicted molar refractivity (Wildman–Crippen MR) is 58.4 cm³/mol. The van der Waals surface area contributed by atoms with Gasteiger partial charge < -0.3 is 10.4 Å². The zero-order valence-electron chi connectivity index (χ0n) is 8.12. The van der Waals surface area contributed by atoms with E-state index in [2.05, 4.69) is 20.5 Å². The third kappa shape index (κ3) is 2.51. The van der Waals surface area contributed by atoms with E-state index in [0.29, 0.717) is 6.54 Å². The van der Waals surface area contributed by atoms with Crippen molar-refractivity contribution in [3.8, 4) is 0 Å². The molecule has 16 heavy (non-hydrogen) atoms. The van der Waals surface area contributed by atoms with Crippen LogP contribution in [-0.2, 0) is 6.54 Å². The van der Waals surface area contributed by atoms with Gasteiger partial charge in [-0.25, -0.2) is 9.78 Å². The topological polar surface area (TPSA) is 88.0 Å². The number of carboxylic acid groups (broad SMARTS) is 1. The summed E-state index contributed by atoms with van der Waals surface area (Å²) >= 11 is 1.40. The van der Waals surface area contributed by atoms with E-state index in [4.69, 9.17) is 5.11 Å². The van der Waals surface area contributed by atoms with E-state index < -0.39 is 5.97 Å². The Kier molecular flexibility index (Phi) is 3.06. The number of aromatic carboxylic acids is 1. The van der Waals surface area contributed by atoms with Crippen LogP contribution in [0.1, 0.15) is 16.1 Å². The summed E-state index contributed by atoms with van der Waals surface area (Å²) in [5.74, 6) is -1.02. The highest BCUT2D eigenvalue weighted by Gasteiger charge is 2.03. The SMILES string of the molecule is O=C(O)c1ccc(CNc2nncs2)cn1. The molecule has 0 aliphatic rings. The molecule has 6 nitrogen and oxygen atoms in total. The first kappa shape index (κ1) is 10.5. The van der Waals surface area contributed by atoms with Crippen LogP contribution in [0.2, 0.25) is 0 Å². The van der Waals surface area contributed by atoms with Gasteiger partial charge in [-0.1, -0.05) is 17.4 Å². The molecule has 0 bridgehead atoms. The number of carbonyl (C=O) groups is 1. The maximum Gasteiger partial charge on any atom is 0.354 e. The molecule has 0 atom stereocenters. The summed E-state index contributed by atoms with van der Waals surface area (Å²) < 4.78 is 0. The minimum atomic E-state index is -1.02. The van der Waals surface area contributed by atoms with E-state index >= 15 is 0 Å².